The van der Waals surface area contributed by atoms with Crippen LogP contribution in [0.3, 0.4) is 0 Å². The van der Waals surface area contributed by atoms with Crippen molar-refractivity contribution in [1.29, 1.82) is 0 Å². The molecular weight excluding hydrogens is 400 g/mol. The number of carbonyl (C=O) groups is 1. The third kappa shape index (κ3) is 3.96. The van der Waals surface area contributed by atoms with Gasteiger partial charge in [-0.3, -0.25) is 9.36 Å². The van der Waals surface area contributed by atoms with E-state index in [1.807, 2.05) is 41.0 Å². The molecule has 7 nitrogen and oxygen atoms in total. The molecule has 1 unspecified atom stereocenters. The molecule has 152 valence electrons. The average Bonchev–Trinajstić information content (AvgIpc) is 3.17. The van der Waals surface area contributed by atoms with Crippen LogP contribution in [0.25, 0.3) is 16.7 Å². The Morgan fingerprint density at radius 3 is 2.50 bits per heavy atom. The number of nitrogens with two attached hydrogens (primary N) is 1. The van der Waals surface area contributed by atoms with Crippen LogP contribution in [0, 0.1) is 0 Å². The highest BCUT2D eigenvalue weighted by molar-refractivity contribution is 7.89. The first-order valence-electron chi connectivity index (χ1n) is 9.29. The number of hydrogen-bond acceptors (Lipinski definition) is 4. The van der Waals surface area contributed by atoms with Crippen molar-refractivity contribution in [3.8, 4) is 5.69 Å². The number of hydrogen-bond donors (Lipinski definition) is 2. The largest absolute Gasteiger partial charge is 0.346 e. The van der Waals surface area contributed by atoms with Gasteiger partial charge in [0.2, 0.25) is 10.0 Å². The number of benzene rings is 3. The van der Waals surface area contributed by atoms with Crippen LogP contribution >= 0.6 is 0 Å². The summed E-state index contributed by atoms with van der Waals surface area (Å²) in [4.78, 5) is 17.0. The molecule has 1 atom stereocenters. The lowest BCUT2D eigenvalue weighted by Gasteiger charge is -2.15. The maximum atomic E-state index is 12.6. The van der Waals surface area contributed by atoms with Crippen LogP contribution in [-0.2, 0) is 10.0 Å². The molecule has 0 aliphatic carbocycles. The molecule has 0 aliphatic rings. The Hall–Kier alpha value is -3.49. The number of amides is 1. The van der Waals surface area contributed by atoms with E-state index in [1.165, 1.54) is 12.1 Å². The summed E-state index contributed by atoms with van der Waals surface area (Å²) in [7, 11) is -3.80. The van der Waals surface area contributed by atoms with Gasteiger partial charge in [-0.2, -0.15) is 0 Å². The topological polar surface area (TPSA) is 107 Å². The van der Waals surface area contributed by atoms with E-state index in [-0.39, 0.29) is 10.8 Å². The maximum absolute atomic E-state index is 12.6. The molecule has 0 fully saturated rings. The van der Waals surface area contributed by atoms with E-state index in [1.54, 1.807) is 37.5 Å². The van der Waals surface area contributed by atoms with E-state index in [0.717, 1.165) is 16.7 Å². The number of rotatable bonds is 5. The van der Waals surface area contributed by atoms with Gasteiger partial charge in [0, 0.05) is 11.3 Å². The number of aromatic nitrogens is 2. The first kappa shape index (κ1) is 19.8. The molecule has 0 saturated carbocycles. The molecule has 1 heterocycles. The minimum absolute atomic E-state index is 0.0120. The lowest BCUT2D eigenvalue weighted by molar-refractivity contribution is 0.0940. The standard InChI is InChI=1S/C22H20N4O3S/c1-15(17-5-4-6-19(13-17)30(23,28)29)25-22(27)16-9-11-18(12-10-16)26-14-24-20-7-2-3-8-21(20)26/h2-15H,1H3,(H,25,27)(H2,23,28,29). The monoisotopic (exact) mass is 420 g/mol. The highest BCUT2D eigenvalue weighted by atomic mass is 32.2. The predicted molar refractivity (Wildman–Crippen MR) is 115 cm³/mol. The van der Waals surface area contributed by atoms with Crippen molar-refractivity contribution in [2.45, 2.75) is 17.9 Å². The summed E-state index contributed by atoms with van der Waals surface area (Å²) in [5.41, 5.74) is 3.93. The van der Waals surface area contributed by atoms with Crippen LogP contribution in [0.4, 0.5) is 0 Å². The molecule has 3 aromatic carbocycles. The van der Waals surface area contributed by atoms with Gasteiger partial charge in [-0.15, -0.1) is 0 Å². The van der Waals surface area contributed by atoms with Gasteiger partial charge in [0.05, 0.1) is 22.0 Å². The van der Waals surface area contributed by atoms with Crippen molar-refractivity contribution in [2.75, 3.05) is 0 Å². The minimum Gasteiger partial charge on any atom is -0.346 e. The van der Waals surface area contributed by atoms with Gasteiger partial charge in [0.15, 0.2) is 0 Å². The highest BCUT2D eigenvalue weighted by Crippen LogP contribution is 2.20. The Kier molecular flexibility index (Phi) is 5.11. The molecule has 1 aromatic heterocycles. The van der Waals surface area contributed by atoms with E-state index in [0.29, 0.717) is 11.1 Å². The Morgan fingerprint density at radius 2 is 1.77 bits per heavy atom. The fourth-order valence-corrected chi connectivity index (χ4v) is 3.83. The Balaban J connectivity index is 1.52. The molecule has 4 aromatic rings. The third-order valence-electron chi connectivity index (χ3n) is 4.90. The third-order valence-corrected chi connectivity index (χ3v) is 5.81. The van der Waals surface area contributed by atoms with Gasteiger partial charge in [0.1, 0.15) is 6.33 Å². The second-order valence-corrected chi connectivity index (χ2v) is 8.52. The molecule has 4 rings (SSSR count). The average molecular weight is 420 g/mol. The van der Waals surface area contributed by atoms with Gasteiger partial charge >= 0.3 is 0 Å². The van der Waals surface area contributed by atoms with Crippen molar-refractivity contribution in [2.24, 2.45) is 5.14 Å². The zero-order chi connectivity index (χ0) is 21.3. The van der Waals surface area contributed by atoms with Gasteiger partial charge in [0.25, 0.3) is 5.91 Å². The van der Waals surface area contributed by atoms with Crippen LogP contribution in [0.2, 0.25) is 0 Å². The summed E-state index contributed by atoms with van der Waals surface area (Å²) in [6, 6.07) is 20.9. The van der Waals surface area contributed by atoms with E-state index in [9.17, 15) is 13.2 Å². The van der Waals surface area contributed by atoms with Crippen LogP contribution < -0.4 is 10.5 Å². The smallest absolute Gasteiger partial charge is 0.251 e. The van der Waals surface area contributed by atoms with E-state index < -0.39 is 16.1 Å². The lowest BCUT2D eigenvalue weighted by atomic mass is 10.1. The van der Waals surface area contributed by atoms with E-state index in [4.69, 9.17) is 5.14 Å². The first-order chi connectivity index (χ1) is 14.3. The SMILES string of the molecule is CC(NC(=O)c1ccc(-n2cnc3ccccc32)cc1)c1cccc(S(N)(=O)=O)c1. The lowest BCUT2D eigenvalue weighted by Crippen LogP contribution is -2.26. The number of sulfonamides is 1. The van der Waals surface area contributed by atoms with Crippen LogP contribution in [0.15, 0.2) is 84.0 Å². The van der Waals surface area contributed by atoms with Crippen LogP contribution in [0.5, 0.6) is 0 Å². The van der Waals surface area contributed by atoms with E-state index >= 15 is 0 Å². The minimum atomic E-state index is -3.80. The summed E-state index contributed by atoms with van der Waals surface area (Å²) < 4.78 is 25.0. The summed E-state index contributed by atoms with van der Waals surface area (Å²) in [5, 5.41) is 8.07. The maximum Gasteiger partial charge on any atom is 0.251 e. The van der Waals surface area contributed by atoms with Gasteiger partial charge in [-0.25, -0.2) is 18.5 Å². The molecule has 8 heteroatoms. The number of nitrogens with one attached hydrogen (secondary N) is 1. The number of para-hydroxylation sites is 2. The number of imidazole rings is 1. The summed E-state index contributed by atoms with van der Waals surface area (Å²) in [6.07, 6.45) is 1.75. The molecule has 0 aliphatic heterocycles. The molecule has 0 saturated heterocycles. The molecule has 0 bridgehead atoms. The van der Waals surface area contributed by atoms with Gasteiger partial charge in [-0.05, 0) is 61.0 Å². The first-order valence-corrected chi connectivity index (χ1v) is 10.8. The van der Waals surface area contributed by atoms with Gasteiger partial charge < -0.3 is 5.32 Å². The Labute approximate surface area is 174 Å². The van der Waals surface area contributed by atoms with Crippen molar-refractivity contribution in [1.82, 2.24) is 14.9 Å². The van der Waals surface area contributed by atoms with Crippen molar-refractivity contribution in [3.63, 3.8) is 0 Å². The number of carbonyl (C=O) groups excluding carboxylic acids is 1. The number of fused-ring (bicyclic) bond motifs is 1. The molecule has 1 amide bonds. The summed E-state index contributed by atoms with van der Waals surface area (Å²) in [5.74, 6) is -0.259. The highest BCUT2D eigenvalue weighted by Gasteiger charge is 2.15. The van der Waals surface area contributed by atoms with Crippen LogP contribution in [-0.4, -0.2) is 23.9 Å². The molecule has 0 spiro atoms. The summed E-state index contributed by atoms with van der Waals surface area (Å²) >= 11 is 0. The predicted octanol–water partition coefficient (Wildman–Crippen LogP) is 3.16. The number of primary sulfonamides is 1. The molecule has 30 heavy (non-hydrogen) atoms. The molecule has 0 radical (unpaired) electrons. The van der Waals surface area contributed by atoms with Crippen molar-refractivity contribution in [3.05, 3.63) is 90.3 Å². The second kappa shape index (κ2) is 7.74. The van der Waals surface area contributed by atoms with Gasteiger partial charge in [-0.1, -0.05) is 24.3 Å². The Morgan fingerprint density at radius 1 is 1.03 bits per heavy atom. The number of nitrogens with zero attached hydrogens (tertiary/aromatic N) is 2. The molecular formula is C22H20N4O3S. The van der Waals surface area contributed by atoms with Crippen molar-refractivity contribution >= 4 is 27.0 Å². The fourth-order valence-electron chi connectivity index (χ4n) is 3.26. The van der Waals surface area contributed by atoms with Crippen LogP contribution in [0.1, 0.15) is 28.9 Å². The Bertz CT molecular complexity index is 1330. The van der Waals surface area contributed by atoms with E-state index in [2.05, 4.69) is 10.3 Å². The fraction of sp³-hybridized carbons (Fsp3) is 0.0909. The zero-order valence-electron chi connectivity index (χ0n) is 16.2. The second-order valence-electron chi connectivity index (χ2n) is 6.96. The van der Waals surface area contributed by atoms with Crippen molar-refractivity contribution < 1.29 is 13.2 Å². The zero-order valence-corrected chi connectivity index (χ0v) is 17.0. The molecule has 3 N–H and O–H groups in total. The quantitative estimate of drug-likeness (QED) is 0.517. The normalized spacial score (nSPS) is 12.6. The summed E-state index contributed by atoms with van der Waals surface area (Å²) in [6.45, 7) is 1.78.